The molecular formula is C16H22N2S. The Morgan fingerprint density at radius 1 is 1.16 bits per heavy atom. The highest BCUT2D eigenvalue weighted by atomic mass is 32.1. The molecule has 19 heavy (non-hydrogen) atoms. The maximum absolute atomic E-state index is 4.41. The van der Waals surface area contributed by atoms with Gasteiger partial charge in [0.25, 0.3) is 0 Å². The van der Waals surface area contributed by atoms with Gasteiger partial charge in [0.2, 0.25) is 0 Å². The summed E-state index contributed by atoms with van der Waals surface area (Å²) in [6.07, 6.45) is 4.17. The summed E-state index contributed by atoms with van der Waals surface area (Å²) >= 11 is 1.92. The first kappa shape index (κ1) is 14.2. The fourth-order valence-electron chi connectivity index (χ4n) is 2.16. The second kappa shape index (κ2) is 6.83. The minimum atomic E-state index is 0.362. The number of hydrogen-bond donors (Lipinski definition) is 1. The Morgan fingerprint density at radius 3 is 2.53 bits per heavy atom. The molecule has 0 radical (unpaired) electrons. The van der Waals surface area contributed by atoms with Crippen LogP contribution in [0, 0.1) is 6.92 Å². The van der Waals surface area contributed by atoms with Crippen LogP contribution in [-0.2, 0) is 12.8 Å². The van der Waals surface area contributed by atoms with Crippen LogP contribution in [0.2, 0.25) is 0 Å². The molecule has 0 bridgehead atoms. The van der Waals surface area contributed by atoms with Crippen LogP contribution in [0.1, 0.15) is 40.9 Å². The molecule has 0 aliphatic heterocycles. The van der Waals surface area contributed by atoms with Crippen molar-refractivity contribution in [1.82, 2.24) is 10.3 Å². The van der Waals surface area contributed by atoms with Gasteiger partial charge in [-0.1, -0.05) is 19.9 Å². The summed E-state index contributed by atoms with van der Waals surface area (Å²) < 4.78 is 0. The fraction of sp³-hybridized carbons (Fsp3) is 0.438. The van der Waals surface area contributed by atoms with Crippen molar-refractivity contribution in [2.75, 3.05) is 6.54 Å². The number of thiophene rings is 1. The molecule has 2 rings (SSSR count). The second-order valence-corrected chi connectivity index (χ2v) is 6.02. The van der Waals surface area contributed by atoms with Crippen LogP contribution in [0.25, 0.3) is 0 Å². The number of hydrogen-bond acceptors (Lipinski definition) is 3. The van der Waals surface area contributed by atoms with E-state index >= 15 is 0 Å². The molecule has 0 fully saturated rings. The van der Waals surface area contributed by atoms with Crippen LogP contribution in [0.15, 0.2) is 30.5 Å². The van der Waals surface area contributed by atoms with Crippen molar-refractivity contribution in [3.8, 4) is 0 Å². The maximum atomic E-state index is 4.41. The number of pyridine rings is 1. The van der Waals surface area contributed by atoms with E-state index in [4.69, 9.17) is 0 Å². The molecule has 2 aromatic heterocycles. The van der Waals surface area contributed by atoms with Crippen molar-refractivity contribution in [2.24, 2.45) is 0 Å². The molecule has 2 nitrogen and oxygen atoms in total. The zero-order valence-electron chi connectivity index (χ0n) is 11.9. The topological polar surface area (TPSA) is 24.9 Å². The van der Waals surface area contributed by atoms with Gasteiger partial charge in [0.1, 0.15) is 0 Å². The van der Waals surface area contributed by atoms with E-state index < -0.39 is 0 Å². The second-order valence-electron chi connectivity index (χ2n) is 4.77. The van der Waals surface area contributed by atoms with E-state index in [1.165, 1.54) is 15.3 Å². The Bertz CT molecular complexity index is 502. The van der Waals surface area contributed by atoms with Gasteiger partial charge in [-0.2, -0.15) is 0 Å². The van der Waals surface area contributed by atoms with Crippen molar-refractivity contribution in [1.29, 1.82) is 0 Å². The average molecular weight is 274 g/mol. The lowest BCUT2D eigenvalue weighted by molar-refractivity contribution is 0.551. The molecule has 1 N–H and O–H groups in total. The number of rotatable bonds is 6. The smallest absolute Gasteiger partial charge is 0.0384 e. The molecular weight excluding hydrogens is 252 g/mol. The SMILES string of the molecule is CCNC(Cc1ccc(CC)s1)c1ccc(C)nc1. The Morgan fingerprint density at radius 2 is 1.95 bits per heavy atom. The third-order valence-corrected chi connectivity index (χ3v) is 4.51. The number of aryl methyl sites for hydroxylation is 2. The Labute approximate surface area is 119 Å². The highest BCUT2D eigenvalue weighted by Gasteiger charge is 2.12. The lowest BCUT2D eigenvalue weighted by Crippen LogP contribution is -2.22. The average Bonchev–Trinajstić information content (AvgIpc) is 2.87. The van der Waals surface area contributed by atoms with E-state index in [1.54, 1.807) is 0 Å². The van der Waals surface area contributed by atoms with Gasteiger partial charge in [-0.25, -0.2) is 0 Å². The van der Waals surface area contributed by atoms with Crippen molar-refractivity contribution >= 4 is 11.3 Å². The van der Waals surface area contributed by atoms with Crippen LogP contribution in [0.5, 0.6) is 0 Å². The molecule has 102 valence electrons. The summed E-state index contributed by atoms with van der Waals surface area (Å²) in [5.74, 6) is 0. The van der Waals surface area contributed by atoms with Gasteiger partial charge in [0.05, 0.1) is 0 Å². The first-order valence-electron chi connectivity index (χ1n) is 6.96. The van der Waals surface area contributed by atoms with Crippen LogP contribution in [0.4, 0.5) is 0 Å². The first-order valence-corrected chi connectivity index (χ1v) is 7.78. The van der Waals surface area contributed by atoms with Gasteiger partial charge in [0.15, 0.2) is 0 Å². The Kier molecular flexibility index (Phi) is 5.11. The largest absolute Gasteiger partial charge is 0.310 e. The molecule has 0 aliphatic rings. The molecule has 3 heteroatoms. The zero-order chi connectivity index (χ0) is 13.7. The van der Waals surface area contributed by atoms with Crippen LogP contribution < -0.4 is 5.32 Å². The summed E-state index contributed by atoms with van der Waals surface area (Å²) in [6, 6.07) is 9.14. The lowest BCUT2D eigenvalue weighted by Gasteiger charge is -2.17. The van der Waals surface area contributed by atoms with E-state index in [0.29, 0.717) is 6.04 Å². The molecule has 0 amide bonds. The van der Waals surface area contributed by atoms with E-state index in [9.17, 15) is 0 Å². The van der Waals surface area contributed by atoms with E-state index in [2.05, 4.69) is 48.4 Å². The third-order valence-electron chi connectivity index (χ3n) is 3.26. The van der Waals surface area contributed by atoms with Crippen LogP contribution in [-0.4, -0.2) is 11.5 Å². The van der Waals surface area contributed by atoms with Gasteiger partial charge in [-0.05, 0) is 43.7 Å². The molecule has 1 unspecified atom stereocenters. The van der Waals surface area contributed by atoms with Gasteiger partial charge >= 0.3 is 0 Å². The molecule has 0 saturated carbocycles. The van der Waals surface area contributed by atoms with Gasteiger partial charge in [-0.3, -0.25) is 4.98 Å². The molecule has 0 spiro atoms. The summed E-state index contributed by atoms with van der Waals surface area (Å²) in [5.41, 5.74) is 2.35. The Hall–Kier alpha value is -1.19. The van der Waals surface area contributed by atoms with E-state index in [-0.39, 0.29) is 0 Å². The maximum Gasteiger partial charge on any atom is 0.0384 e. The zero-order valence-corrected chi connectivity index (χ0v) is 12.8. The fourth-order valence-corrected chi connectivity index (χ4v) is 3.17. The predicted octanol–water partition coefficient (Wildman–Crippen LogP) is 3.91. The predicted molar refractivity (Wildman–Crippen MR) is 82.8 cm³/mol. The molecule has 0 aliphatic carbocycles. The quantitative estimate of drug-likeness (QED) is 0.864. The highest BCUT2D eigenvalue weighted by Crippen LogP contribution is 2.24. The van der Waals surface area contributed by atoms with Gasteiger partial charge in [0, 0.05) is 34.1 Å². The molecule has 0 saturated heterocycles. The number of nitrogens with zero attached hydrogens (tertiary/aromatic N) is 1. The van der Waals surface area contributed by atoms with Crippen molar-refractivity contribution < 1.29 is 0 Å². The minimum absolute atomic E-state index is 0.362. The summed E-state index contributed by atoms with van der Waals surface area (Å²) in [4.78, 5) is 7.32. The summed E-state index contributed by atoms with van der Waals surface area (Å²) in [6.45, 7) is 7.37. The van der Waals surface area contributed by atoms with Crippen LogP contribution >= 0.6 is 11.3 Å². The number of likely N-dealkylation sites (N-methyl/N-ethyl adjacent to an activating group) is 1. The normalized spacial score (nSPS) is 12.6. The monoisotopic (exact) mass is 274 g/mol. The van der Waals surface area contributed by atoms with Gasteiger partial charge in [-0.15, -0.1) is 11.3 Å². The minimum Gasteiger partial charge on any atom is -0.310 e. The Balaban J connectivity index is 2.13. The highest BCUT2D eigenvalue weighted by molar-refractivity contribution is 7.11. The summed E-state index contributed by atoms with van der Waals surface area (Å²) in [7, 11) is 0. The molecule has 2 heterocycles. The van der Waals surface area contributed by atoms with Crippen molar-refractivity contribution in [3.63, 3.8) is 0 Å². The summed E-state index contributed by atoms with van der Waals surface area (Å²) in [5, 5.41) is 3.56. The van der Waals surface area contributed by atoms with E-state index in [0.717, 1.165) is 25.1 Å². The molecule has 2 aromatic rings. The molecule has 1 atom stereocenters. The third kappa shape index (κ3) is 3.88. The van der Waals surface area contributed by atoms with Crippen LogP contribution in [0.3, 0.4) is 0 Å². The first-order chi connectivity index (χ1) is 9.22. The van der Waals surface area contributed by atoms with Gasteiger partial charge < -0.3 is 5.32 Å². The standard InChI is InChI=1S/C16H22N2S/c1-4-14-8-9-15(19-14)10-16(17-5-2)13-7-6-12(3)18-11-13/h6-9,11,16-17H,4-5,10H2,1-3H3. The lowest BCUT2D eigenvalue weighted by atomic mass is 10.0. The molecule has 0 aromatic carbocycles. The number of aromatic nitrogens is 1. The number of nitrogens with one attached hydrogen (secondary N) is 1. The van der Waals surface area contributed by atoms with Crippen molar-refractivity contribution in [2.45, 2.75) is 39.7 Å². The van der Waals surface area contributed by atoms with E-state index in [1.807, 2.05) is 24.5 Å². The van der Waals surface area contributed by atoms with Crippen molar-refractivity contribution in [3.05, 3.63) is 51.5 Å².